The normalized spacial score (nSPS) is 9.89. The molecule has 0 spiro atoms. The van der Waals surface area contributed by atoms with Crippen molar-refractivity contribution in [3.05, 3.63) is 52.8 Å². The predicted molar refractivity (Wildman–Crippen MR) is 63.6 cm³/mol. The largest absolute Gasteiger partial charge is 0.350 e. The Labute approximate surface area is 107 Å². The summed E-state index contributed by atoms with van der Waals surface area (Å²) in [6, 6.07) is 6.67. The van der Waals surface area contributed by atoms with Gasteiger partial charge in [0.25, 0.3) is 0 Å². The van der Waals surface area contributed by atoms with Crippen LogP contribution in [0.3, 0.4) is 0 Å². The summed E-state index contributed by atoms with van der Waals surface area (Å²) >= 11 is 5.73. The van der Waals surface area contributed by atoms with Crippen LogP contribution in [0.25, 0.3) is 0 Å². The van der Waals surface area contributed by atoms with E-state index in [1.54, 1.807) is 12.1 Å². The molecule has 2 rings (SSSR count). The average Bonchev–Trinajstić information content (AvgIpc) is 2.34. The van der Waals surface area contributed by atoms with E-state index in [0.717, 1.165) is 6.07 Å². The third-order valence-electron chi connectivity index (χ3n) is 2.18. The molecule has 6 heteroatoms. The Morgan fingerprint density at radius 1 is 1.33 bits per heavy atom. The van der Waals surface area contributed by atoms with E-state index in [4.69, 9.17) is 16.9 Å². The Morgan fingerprint density at radius 2 is 2.11 bits per heavy atom. The topological polar surface area (TPSA) is 48.7 Å². The predicted octanol–water partition coefficient (Wildman–Crippen LogP) is 3.63. The lowest BCUT2D eigenvalue weighted by Gasteiger charge is -2.10. The highest BCUT2D eigenvalue weighted by Gasteiger charge is 2.12. The standard InChI is InChI=1S/C12H6ClF2N3/c13-8-4-7(14)5-9(15)12(8)18-10-2-1-3-17-11(10)6-16/h1-5,18H. The number of halogens is 3. The van der Waals surface area contributed by atoms with E-state index in [1.165, 1.54) is 6.20 Å². The first-order valence-electron chi connectivity index (χ1n) is 4.88. The smallest absolute Gasteiger partial charge is 0.163 e. The maximum absolute atomic E-state index is 13.5. The maximum atomic E-state index is 13.5. The van der Waals surface area contributed by atoms with E-state index in [0.29, 0.717) is 11.8 Å². The number of hydrogen-bond acceptors (Lipinski definition) is 3. The molecule has 0 saturated heterocycles. The van der Waals surface area contributed by atoms with Crippen LogP contribution in [0.1, 0.15) is 5.69 Å². The maximum Gasteiger partial charge on any atom is 0.163 e. The van der Waals surface area contributed by atoms with Gasteiger partial charge in [-0.05, 0) is 18.2 Å². The van der Waals surface area contributed by atoms with Gasteiger partial charge in [0.15, 0.2) is 11.5 Å². The van der Waals surface area contributed by atoms with Crippen LogP contribution < -0.4 is 5.32 Å². The molecule has 1 aromatic carbocycles. The van der Waals surface area contributed by atoms with Gasteiger partial charge in [0.05, 0.1) is 16.4 Å². The molecule has 18 heavy (non-hydrogen) atoms. The molecule has 90 valence electrons. The molecule has 0 atom stereocenters. The lowest BCUT2D eigenvalue weighted by atomic mass is 10.2. The lowest BCUT2D eigenvalue weighted by Crippen LogP contribution is -1.99. The van der Waals surface area contributed by atoms with Gasteiger partial charge in [-0.1, -0.05) is 11.6 Å². The molecule has 0 aliphatic carbocycles. The van der Waals surface area contributed by atoms with Gasteiger partial charge in [-0.2, -0.15) is 5.26 Å². The van der Waals surface area contributed by atoms with Crippen LogP contribution in [-0.2, 0) is 0 Å². The molecule has 0 amide bonds. The van der Waals surface area contributed by atoms with Crippen LogP contribution in [0.15, 0.2) is 30.5 Å². The Kier molecular flexibility index (Phi) is 3.40. The second-order valence-electron chi connectivity index (χ2n) is 3.38. The molecule has 1 N–H and O–H groups in total. The number of benzene rings is 1. The fraction of sp³-hybridized carbons (Fsp3) is 0. The summed E-state index contributed by atoms with van der Waals surface area (Å²) in [4.78, 5) is 3.81. The zero-order valence-electron chi connectivity index (χ0n) is 8.92. The molecule has 0 unspecified atom stereocenters. The molecule has 0 aliphatic rings. The van der Waals surface area contributed by atoms with Crippen LogP contribution in [-0.4, -0.2) is 4.98 Å². The molecule has 1 aromatic heterocycles. The summed E-state index contributed by atoms with van der Waals surface area (Å²) in [5.41, 5.74) is 0.298. The molecular weight excluding hydrogens is 260 g/mol. The number of anilines is 2. The zero-order chi connectivity index (χ0) is 13.1. The molecule has 0 radical (unpaired) electrons. The number of nitrogens with zero attached hydrogens (tertiary/aromatic N) is 2. The Morgan fingerprint density at radius 3 is 2.78 bits per heavy atom. The van der Waals surface area contributed by atoms with Crippen molar-refractivity contribution in [2.45, 2.75) is 0 Å². The highest BCUT2D eigenvalue weighted by molar-refractivity contribution is 6.33. The third-order valence-corrected chi connectivity index (χ3v) is 2.48. The van der Waals surface area contributed by atoms with Gasteiger partial charge in [-0.15, -0.1) is 0 Å². The van der Waals surface area contributed by atoms with Gasteiger partial charge in [-0.3, -0.25) is 0 Å². The Balaban J connectivity index is 2.44. The first-order chi connectivity index (χ1) is 8.61. The molecule has 0 fully saturated rings. The first-order valence-corrected chi connectivity index (χ1v) is 5.26. The van der Waals surface area contributed by atoms with Gasteiger partial charge in [0, 0.05) is 12.3 Å². The van der Waals surface area contributed by atoms with Gasteiger partial charge in [0.1, 0.15) is 11.9 Å². The minimum atomic E-state index is -0.840. The highest BCUT2D eigenvalue weighted by atomic mass is 35.5. The molecule has 2 aromatic rings. The number of aromatic nitrogens is 1. The second-order valence-corrected chi connectivity index (χ2v) is 3.79. The molecule has 3 nitrogen and oxygen atoms in total. The van der Waals surface area contributed by atoms with Crippen LogP contribution in [0, 0.1) is 23.0 Å². The quantitative estimate of drug-likeness (QED) is 0.902. The van der Waals surface area contributed by atoms with Crippen molar-refractivity contribution in [2.75, 3.05) is 5.32 Å². The van der Waals surface area contributed by atoms with Crippen LogP contribution in [0.4, 0.5) is 20.2 Å². The summed E-state index contributed by atoms with van der Waals surface area (Å²) in [7, 11) is 0. The van der Waals surface area contributed by atoms with Crippen molar-refractivity contribution in [2.24, 2.45) is 0 Å². The fourth-order valence-corrected chi connectivity index (χ4v) is 1.63. The monoisotopic (exact) mass is 265 g/mol. The highest BCUT2D eigenvalue weighted by Crippen LogP contribution is 2.30. The van der Waals surface area contributed by atoms with Crippen molar-refractivity contribution < 1.29 is 8.78 Å². The summed E-state index contributed by atoms with van der Waals surface area (Å²) in [5, 5.41) is 11.4. The Bertz CT molecular complexity index is 614. The minimum Gasteiger partial charge on any atom is -0.350 e. The van der Waals surface area contributed by atoms with Gasteiger partial charge < -0.3 is 5.32 Å². The van der Waals surface area contributed by atoms with Crippen molar-refractivity contribution in [3.8, 4) is 6.07 Å². The molecule has 0 bridgehead atoms. The minimum absolute atomic E-state index is 0.0947. The van der Waals surface area contributed by atoms with Gasteiger partial charge in [-0.25, -0.2) is 13.8 Å². The summed E-state index contributed by atoms with van der Waals surface area (Å²) in [6.07, 6.45) is 1.44. The van der Waals surface area contributed by atoms with E-state index in [-0.39, 0.29) is 16.4 Å². The van der Waals surface area contributed by atoms with Crippen LogP contribution in [0.2, 0.25) is 5.02 Å². The van der Waals surface area contributed by atoms with E-state index in [2.05, 4.69) is 10.3 Å². The van der Waals surface area contributed by atoms with Gasteiger partial charge >= 0.3 is 0 Å². The van der Waals surface area contributed by atoms with E-state index in [9.17, 15) is 8.78 Å². The number of nitrogens with one attached hydrogen (secondary N) is 1. The number of rotatable bonds is 2. The summed E-state index contributed by atoms with van der Waals surface area (Å²) in [6.45, 7) is 0. The molecular formula is C12H6ClF2N3. The van der Waals surface area contributed by atoms with E-state index in [1.807, 2.05) is 6.07 Å². The number of nitriles is 1. The average molecular weight is 266 g/mol. The summed E-state index contributed by atoms with van der Waals surface area (Å²) in [5.74, 6) is -1.61. The SMILES string of the molecule is N#Cc1ncccc1Nc1c(F)cc(F)cc1Cl. The first kappa shape index (κ1) is 12.3. The van der Waals surface area contributed by atoms with E-state index < -0.39 is 11.6 Å². The van der Waals surface area contributed by atoms with E-state index >= 15 is 0 Å². The van der Waals surface area contributed by atoms with Crippen LogP contribution >= 0.6 is 11.6 Å². The fourth-order valence-electron chi connectivity index (χ4n) is 1.39. The lowest BCUT2D eigenvalue weighted by molar-refractivity contribution is 0.586. The zero-order valence-corrected chi connectivity index (χ0v) is 9.67. The molecule has 0 aliphatic heterocycles. The van der Waals surface area contributed by atoms with Crippen molar-refractivity contribution in [3.63, 3.8) is 0 Å². The number of pyridine rings is 1. The van der Waals surface area contributed by atoms with Crippen molar-refractivity contribution in [1.29, 1.82) is 5.26 Å². The number of hydrogen-bond donors (Lipinski definition) is 1. The Hall–Kier alpha value is -2.19. The van der Waals surface area contributed by atoms with Crippen molar-refractivity contribution >= 4 is 23.0 Å². The molecule has 0 saturated carbocycles. The van der Waals surface area contributed by atoms with Crippen LogP contribution in [0.5, 0.6) is 0 Å². The molecule has 1 heterocycles. The second kappa shape index (κ2) is 4.98. The summed E-state index contributed by atoms with van der Waals surface area (Å²) < 4.78 is 26.4. The third kappa shape index (κ3) is 2.39. The van der Waals surface area contributed by atoms with Gasteiger partial charge in [0.2, 0.25) is 0 Å². The van der Waals surface area contributed by atoms with Crippen molar-refractivity contribution in [1.82, 2.24) is 4.98 Å².